The maximum absolute atomic E-state index is 5.22. The largest absolute Gasteiger partial charge is 0.264 e. The molecule has 0 fully saturated rings. The fourth-order valence-electron chi connectivity index (χ4n) is 6.62. The highest BCUT2D eigenvalue weighted by atomic mass is 14.9. The zero-order valence-electron chi connectivity index (χ0n) is 27.9. The van der Waals surface area contributed by atoms with E-state index in [1.54, 1.807) is 6.20 Å². The Morgan fingerprint density at radius 3 is 1.71 bits per heavy atom. The first-order chi connectivity index (χ1) is 25.2. The van der Waals surface area contributed by atoms with E-state index in [4.69, 9.17) is 19.9 Å². The van der Waals surface area contributed by atoms with Gasteiger partial charge in [-0.05, 0) is 60.0 Å². The van der Waals surface area contributed by atoms with Crippen LogP contribution < -0.4 is 0 Å². The third-order valence-electron chi connectivity index (χ3n) is 9.30. The van der Waals surface area contributed by atoms with Gasteiger partial charge in [0.2, 0.25) is 0 Å². The number of aryl methyl sites for hydroxylation is 1. The Kier molecular flexibility index (Phi) is 7.63. The number of hydrogen-bond donors (Lipinski definition) is 0. The van der Waals surface area contributed by atoms with Crippen LogP contribution in [0, 0.1) is 6.92 Å². The highest BCUT2D eigenvalue weighted by Gasteiger charge is 2.13. The number of rotatable bonds is 6. The maximum atomic E-state index is 5.22. The molecule has 240 valence electrons. The molecule has 0 atom stereocenters. The predicted molar refractivity (Wildman–Crippen MR) is 208 cm³/mol. The topological polar surface area (TPSA) is 64.5 Å². The van der Waals surface area contributed by atoms with Crippen LogP contribution in [0.2, 0.25) is 0 Å². The van der Waals surface area contributed by atoms with Crippen molar-refractivity contribution >= 4 is 21.8 Å². The van der Waals surface area contributed by atoms with Crippen LogP contribution in [0.3, 0.4) is 0 Å². The average molecular weight is 654 g/mol. The average Bonchev–Trinajstić information content (AvgIpc) is 3.21. The lowest BCUT2D eigenvalue weighted by Crippen LogP contribution is -1.96. The van der Waals surface area contributed by atoms with Crippen molar-refractivity contribution in [2.24, 2.45) is 0 Å². The van der Waals surface area contributed by atoms with E-state index in [0.717, 1.165) is 83.5 Å². The lowest BCUT2D eigenvalue weighted by atomic mass is 9.99. The molecular weight excluding hydrogens is 623 g/mol. The van der Waals surface area contributed by atoms with Crippen LogP contribution in [0.15, 0.2) is 170 Å². The van der Waals surface area contributed by atoms with Crippen LogP contribution in [0.4, 0.5) is 0 Å². The molecule has 9 rings (SSSR count). The van der Waals surface area contributed by atoms with E-state index >= 15 is 0 Å². The summed E-state index contributed by atoms with van der Waals surface area (Å²) in [6.07, 6.45) is 3.61. The quantitative estimate of drug-likeness (QED) is 0.167. The normalized spacial score (nSPS) is 11.2. The second-order valence-corrected chi connectivity index (χ2v) is 12.6. The fourth-order valence-corrected chi connectivity index (χ4v) is 6.62. The Morgan fingerprint density at radius 1 is 0.373 bits per heavy atom. The summed E-state index contributed by atoms with van der Waals surface area (Å²) in [5.41, 5.74) is 13.9. The van der Waals surface area contributed by atoms with Crippen LogP contribution >= 0.6 is 0 Å². The molecule has 0 aliphatic carbocycles. The minimum Gasteiger partial charge on any atom is -0.264 e. The maximum Gasteiger partial charge on any atom is 0.160 e. The molecule has 4 heterocycles. The van der Waals surface area contributed by atoms with Gasteiger partial charge in [0.25, 0.3) is 0 Å². The van der Waals surface area contributed by atoms with Crippen LogP contribution in [-0.2, 0) is 0 Å². The first kappa shape index (κ1) is 30.2. The van der Waals surface area contributed by atoms with Crippen molar-refractivity contribution in [3.05, 3.63) is 176 Å². The SMILES string of the molecule is Cc1cc(-c2ccccc2)nc2c1ccc1ccc(-c3cccc(-c4ccc(-c5nc(-c6ccccc6)cc(-c6cccnc6)n5)cc4)c3)nc12. The zero-order valence-corrected chi connectivity index (χ0v) is 27.9. The molecule has 5 aromatic carbocycles. The molecule has 51 heavy (non-hydrogen) atoms. The number of benzene rings is 5. The monoisotopic (exact) mass is 653 g/mol. The molecule has 9 aromatic rings. The highest BCUT2D eigenvalue weighted by molar-refractivity contribution is 6.05. The van der Waals surface area contributed by atoms with Crippen LogP contribution in [0.25, 0.3) is 89.4 Å². The summed E-state index contributed by atoms with van der Waals surface area (Å²) < 4.78 is 0. The van der Waals surface area contributed by atoms with Crippen molar-refractivity contribution in [1.29, 1.82) is 0 Å². The molecule has 0 aliphatic rings. The van der Waals surface area contributed by atoms with Crippen LogP contribution in [-0.4, -0.2) is 24.9 Å². The smallest absolute Gasteiger partial charge is 0.160 e. The third-order valence-corrected chi connectivity index (χ3v) is 9.30. The van der Waals surface area contributed by atoms with Crippen LogP contribution in [0.1, 0.15) is 5.56 Å². The second kappa shape index (κ2) is 12.9. The van der Waals surface area contributed by atoms with Gasteiger partial charge in [0.05, 0.1) is 33.8 Å². The van der Waals surface area contributed by atoms with Gasteiger partial charge < -0.3 is 0 Å². The van der Waals surface area contributed by atoms with Gasteiger partial charge in [-0.2, -0.15) is 0 Å². The molecule has 0 saturated carbocycles. The van der Waals surface area contributed by atoms with Gasteiger partial charge in [0.1, 0.15) is 0 Å². The molecule has 0 bridgehead atoms. The summed E-state index contributed by atoms with van der Waals surface area (Å²) in [6.45, 7) is 2.15. The molecule has 0 spiro atoms. The molecule has 4 aromatic heterocycles. The third kappa shape index (κ3) is 5.91. The minimum atomic E-state index is 0.669. The van der Waals surface area contributed by atoms with Gasteiger partial charge in [-0.3, -0.25) is 4.98 Å². The number of aromatic nitrogens is 5. The van der Waals surface area contributed by atoms with E-state index in [9.17, 15) is 0 Å². The van der Waals surface area contributed by atoms with Crippen molar-refractivity contribution in [2.75, 3.05) is 0 Å². The number of fused-ring (bicyclic) bond motifs is 3. The number of hydrogen-bond acceptors (Lipinski definition) is 5. The summed E-state index contributed by atoms with van der Waals surface area (Å²) in [5, 5.41) is 2.19. The van der Waals surface area contributed by atoms with E-state index in [2.05, 4.69) is 115 Å². The number of pyridine rings is 3. The van der Waals surface area contributed by atoms with Gasteiger partial charge in [-0.25, -0.2) is 19.9 Å². The van der Waals surface area contributed by atoms with Crippen LogP contribution in [0.5, 0.6) is 0 Å². The Balaban J connectivity index is 1.07. The summed E-state index contributed by atoms with van der Waals surface area (Å²) in [6, 6.07) is 54.2. The first-order valence-electron chi connectivity index (χ1n) is 17.0. The second-order valence-electron chi connectivity index (χ2n) is 12.6. The number of nitrogens with zero attached hydrogens (tertiary/aromatic N) is 5. The van der Waals surface area contributed by atoms with Crippen molar-refractivity contribution in [3.63, 3.8) is 0 Å². The summed E-state index contributed by atoms with van der Waals surface area (Å²) in [7, 11) is 0. The van der Waals surface area contributed by atoms with E-state index < -0.39 is 0 Å². The molecule has 0 saturated heterocycles. The molecule has 5 heteroatoms. The van der Waals surface area contributed by atoms with Gasteiger partial charge in [0, 0.05) is 51.0 Å². The Bertz CT molecular complexity index is 2620. The van der Waals surface area contributed by atoms with E-state index in [1.807, 2.05) is 60.8 Å². The summed E-state index contributed by atoms with van der Waals surface area (Å²) >= 11 is 0. The standard InChI is InChI=1S/C46H31N5/c1-30-26-41(32-10-4-2-5-11-32)49-45-39(30)23-21-34-22-24-40(48-44(34)45)37-15-8-14-36(27-37)31-17-19-35(20-18-31)46-50-42(33-12-6-3-7-13-33)28-43(51-46)38-16-9-25-47-29-38/h2-29H,1H3. The lowest BCUT2D eigenvalue weighted by molar-refractivity contribution is 1.18. The predicted octanol–water partition coefficient (Wildman–Crippen LogP) is 11.3. The van der Waals surface area contributed by atoms with E-state index in [0.29, 0.717) is 5.82 Å². The van der Waals surface area contributed by atoms with Crippen molar-refractivity contribution < 1.29 is 0 Å². The summed E-state index contributed by atoms with van der Waals surface area (Å²) in [5.74, 6) is 0.669. The molecular formula is C46H31N5. The molecule has 0 aliphatic heterocycles. The van der Waals surface area contributed by atoms with Crippen molar-refractivity contribution in [2.45, 2.75) is 6.92 Å². The van der Waals surface area contributed by atoms with Gasteiger partial charge in [-0.1, -0.05) is 121 Å². The lowest BCUT2D eigenvalue weighted by Gasteiger charge is -2.11. The molecule has 0 N–H and O–H groups in total. The Hall–Kier alpha value is -6.85. The molecule has 0 radical (unpaired) electrons. The fraction of sp³-hybridized carbons (Fsp3) is 0.0217. The zero-order chi connectivity index (χ0) is 34.1. The van der Waals surface area contributed by atoms with Crippen molar-refractivity contribution in [1.82, 2.24) is 24.9 Å². The van der Waals surface area contributed by atoms with Gasteiger partial charge in [0.15, 0.2) is 5.82 Å². The molecule has 0 unspecified atom stereocenters. The van der Waals surface area contributed by atoms with E-state index in [-0.39, 0.29) is 0 Å². The van der Waals surface area contributed by atoms with E-state index in [1.165, 1.54) is 5.56 Å². The highest BCUT2D eigenvalue weighted by Crippen LogP contribution is 2.33. The minimum absolute atomic E-state index is 0.669. The Morgan fingerprint density at radius 2 is 0.980 bits per heavy atom. The van der Waals surface area contributed by atoms with Crippen molar-refractivity contribution in [3.8, 4) is 67.5 Å². The molecule has 5 nitrogen and oxygen atoms in total. The Labute approximate surface area is 296 Å². The molecule has 0 amide bonds. The first-order valence-corrected chi connectivity index (χ1v) is 17.0. The van der Waals surface area contributed by atoms with Gasteiger partial charge in [-0.15, -0.1) is 0 Å². The van der Waals surface area contributed by atoms with Gasteiger partial charge >= 0.3 is 0 Å². The summed E-state index contributed by atoms with van der Waals surface area (Å²) in [4.78, 5) is 24.6.